The van der Waals surface area contributed by atoms with Gasteiger partial charge in [-0.25, -0.2) is 0 Å². The van der Waals surface area contributed by atoms with Crippen LogP contribution >= 0.6 is 31.9 Å². The van der Waals surface area contributed by atoms with E-state index in [9.17, 15) is 0 Å². The number of alkyl halides is 1. The van der Waals surface area contributed by atoms with E-state index in [1.807, 2.05) is 30.3 Å². The summed E-state index contributed by atoms with van der Waals surface area (Å²) in [7, 11) is 0. The summed E-state index contributed by atoms with van der Waals surface area (Å²) in [6, 6.07) is 9.83. The van der Waals surface area contributed by atoms with Crippen molar-refractivity contribution in [1.82, 2.24) is 5.16 Å². The monoisotopic (exact) mass is 315 g/mol. The number of nitrogens with zero attached hydrogens (tertiary/aromatic N) is 1. The molecule has 2 aromatic rings. The number of hydrogen-bond donors (Lipinski definition) is 0. The zero-order valence-corrected chi connectivity index (χ0v) is 10.4. The van der Waals surface area contributed by atoms with Gasteiger partial charge in [0, 0.05) is 21.4 Å². The van der Waals surface area contributed by atoms with E-state index in [-0.39, 0.29) is 0 Å². The fourth-order valence-electron chi connectivity index (χ4n) is 1.16. The summed E-state index contributed by atoms with van der Waals surface area (Å²) in [4.78, 5) is 0. The fraction of sp³-hybridized carbons (Fsp3) is 0.100. The predicted molar refractivity (Wildman–Crippen MR) is 62.3 cm³/mol. The number of halogens is 2. The lowest BCUT2D eigenvalue weighted by molar-refractivity contribution is 0.426. The van der Waals surface area contributed by atoms with Crippen molar-refractivity contribution < 1.29 is 4.52 Å². The molecule has 0 aliphatic heterocycles. The van der Waals surface area contributed by atoms with Crippen molar-refractivity contribution in [1.29, 1.82) is 0 Å². The standard InChI is InChI=1S/C10H7Br2NO/c11-6-7-5-10(14-13-7)8-3-1-2-4-9(8)12/h1-5H,6H2. The molecule has 0 spiro atoms. The van der Waals surface area contributed by atoms with Gasteiger partial charge in [0.05, 0.1) is 5.69 Å². The first-order chi connectivity index (χ1) is 6.81. The first-order valence-corrected chi connectivity index (χ1v) is 5.99. The molecule has 0 fully saturated rings. The van der Waals surface area contributed by atoms with Crippen LogP contribution in [0.2, 0.25) is 0 Å². The lowest BCUT2D eigenvalue weighted by Crippen LogP contribution is -1.75. The van der Waals surface area contributed by atoms with Crippen molar-refractivity contribution in [3.05, 3.63) is 40.5 Å². The van der Waals surface area contributed by atoms with E-state index in [2.05, 4.69) is 37.0 Å². The second kappa shape index (κ2) is 4.28. The van der Waals surface area contributed by atoms with Crippen LogP contribution in [0.15, 0.2) is 39.3 Å². The number of rotatable bonds is 2. The van der Waals surface area contributed by atoms with Crippen LogP contribution in [0.3, 0.4) is 0 Å². The number of aromatic nitrogens is 1. The summed E-state index contributed by atoms with van der Waals surface area (Å²) in [5.41, 5.74) is 1.92. The Kier molecular flexibility index (Phi) is 3.03. The van der Waals surface area contributed by atoms with Gasteiger partial charge in [-0.1, -0.05) is 49.1 Å². The highest BCUT2D eigenvalue weighted by molar-refractivity contribution is 9.10. The van der Waals surface area contributed by atoms with Crippen molar-refractivity contribution in [3.8, 4) is 11.3 Å². The molecule has 0 aliphatic carbocycles. The van der Waals surface area contributed by atoms with Crippen LogP contribution in [-0.2, 0) is 5.33 Å². The Hall–Kier alpha value is -0.610. The van der Waals surface area contributed by atoms with Crippen LogP contribution in [0.1, 0.15) is 5.69 Å². The molecule has 14 heavy (non-hydrogen) atoms. The Bertz CT molecular complexity index is 439. The molecule has 0 atom stereocenters. The highest BCUT2D eigenvalue weighted by Crippen LogP contribution is 2.28. The van der Waals surface area contributed by atoms with Crippen LogP contribution in [0.5, 0.6) is 0 Å². The van der Waals surface area contributed by atoms with Crippen LogP contribution in [0.25, 0.3) is 11.3 Å². The number of hydrogen-bond acceptors (Lipinski definition) is 2. The van der Waals surface area contributed by atoms with E-state index in [4.69, 9.17) is 4.52 Å². The third-order valence-corrected chi connectivity index (χ3v) is 3.10. The van der Waals surface area contributed by atoms with Crippen molar-refractivity contribution in [3.63, 3.8) is 0 Å². The van der Waals surface area contributed by atoms with Gasteiger partial charge in [-0.15, -0.1) is 0 Å². The van der Waals surface area contributed by atoms with Crippen LogP contribution in [0.4, 0.5) is 0 Å². The zero-order valence-electron chi connectivity index (χ0n) is 7.21. The molecule has 72 valence electrons. The molecular weight excluding hydrogens is 310 g/mol. The molecule has 1 heterocycles. The Balaban J connectivity index is 2.44. The molecule has 2 nitrogen and oxygen atoms in total. The maximum absolute atomic E-state index is 5.21. The van der Waals surface area contributed by atoms with Gasteiger partial charge >= 0.3 is 0 Å². The summed E-state index contributed by atoms with van der Waals surface area (Å²) < 4.78 is 6.22. The summed E-state index contributed by atoms with van der Waals surface area (Å²) in [5, 5.41) is 4.62. The molecule has 0 N–H and O–H groups in total. The fourth-order valence-corrected chi connectivity index (χ4v) is 1.91. The van der Waals surface area contributed by atoms with Crippen molar-refractivity contribution in [2.45, 2.75) is 5.33 Å². The minimum absolute atomic E-state index is 0.709. The van der Waals surface area contributed by atoms with Crippen LogP contribution in [0, 0.1) is 0 Å². The lowest BCUT2D eigenvalue weighted by Gasteiger charge is -1.97. The third kappa shape index (κ3) is 1.91. The molecule has 0 unspecified atom stereocenters. The van der Waals surface area contributed by atoms with Crippen molar-refractivity contribution in [2.24, 2.45) is 0 Å². The molecule has 0 bridgehead atoms. The molecule has 0 radical (unpaired) electrons. The summed E-state index contributed by atoms with van der Waals surface area (Å²) in [6.45, 7) is 0. The van der Waals surface area contributed by atoms with Crippen molar-refractivity contribution in [2.75, 3.05) is 0 Å². The Labute approximate surface area is 98.6 Å². The summed E-state index contributed by atoms with van der Waals surface area (Å²) in [5.74, 6) is 0.784. The smallest absolute Gasteiger partial charge is 0.168 e. The maximum Gasteiger partial charge on any atom is 0.168 e. The molecule has 2 rings (SSSR count). The zero-order chi connectivity index (χ0) is 9.97. The molecule has 0 saturated heterocycles. The SMILES string of the molecule is BrCc1cc(-c2ccccc2Br)on1. The highest BCUT2D eigenvalue weighted by Gasteiger charge is 2.08. The van der Waals surface area contributed by atoms with Gasteiger partial charge in [-0.05, 0) is 12.1 Å². The normalized spacial score (nSPS) is 10.4. The molecule has 0 aliphatic rings. The Morgan fingerprint density at radius 3 is 2.71 bits per heavy atom. The molecule has 0 amide bonds. The predicted octanol–water partition coefficient (Wildman–Crippen LogP) is 4.00. The van der Waals surface area contributed by atoms with Gasteiger partial charge < -0.3 is 4.52 Å². The quantitative estimate of drug-likeness (QED) is 0.783. The highest BCUT2D eigenvalue weighted by atomic mass is 79.9. The van der Waals surface area contributed by atoms with Gasteiger partial charge in [-0.3, -0.25) is 0 Å². The average molecular weight is 317 g/mol. The summed E-state index contributed by atoms with van der Waals surface area (Å²) in [6.07, 6.45) is 0. The molecule has 1 aromatic heterocycles. The van der Waals surface area contributed by atoms with Crippen LogP contribution < -0.4 is 0 Å². The second-order valence-corrected chi connectivity index (χ2v) is 4.21. The van der Waals surface area contributed by atoms with E-state index in [0.717, 1.165) is 21.5 Å². The van der Waals surface area contributed by atoms with Gasteiger partial charge in [0.25, 0.3) is 0 Å². The van der Waals surface area contributed by atoms with Gasteiger partial charge in [0.2, 0.25) is 0 Å². The van der Waals surface area contributed by atoms with E-state index in [1.54, 1.807) is 0 Å². The minimum Gasteiger partial charge on any atom is -0.356 e. The van der Waals surface area contributed by atoms with Crippen molar-refractivity contribution >= 4 is 31.9 Å². The van der Waals surface area contributed by atoms with Crippen LogP contribution in [-0.4, -0.2) is 5.16 Å². The van der Waals surface area contributed by atoms with E-state index in [1.165, 1.54) is 0 Å². The number of benzene rings is 1. The molecule has 1 aromatic carbocycles. The largest absolute Gasteiger partial charge is 0.356 e. The van der Waals surface area contributed by atoms with Gasteiger partial charge in [-0.2, -0.15) is 0 Å². The molecular formula is C10H7Br2NO. The Morgan fingerprint density at radius 1 is 1.29 bits per heavy atom. The summed E-state index contributed by atoms with van der Waals surface area (Å²) >= 11 is 6.79. The lowest BCUT2D eigenvalue weighted by atomic mass is 10.2. The molecule has 0 saturated carbocycles. The molecule has 4 heteroatoms. The first-order valence-electron chi connectivity index (χ1n) is 4.07. The first kappa shape index (κ1) is 9.93. The third-order valence-electron chi connectivity index (χ3n) is 1.84. The van der Waals surface area contributed by atoms with Gasteiger partial charge in [0.15, 0.2) is 5.76 Å². The second-order valence-electron chi connectivity index (χ2n) is 2.80. The van der Waals surface area contributed by atoms with E-state index in [0.29, 0.717) is 5.33 Å². The topological polar surface area (TPSA) is 26.0 Å². The van der Waals surface area contributed by atoms with Gasteiger partial charge in [0.1, 0.15) is 0 Å². The van der Waals surface area contributed by atoms with E-state index < -0.39 is 0 Å². The van der Waals surface area contributed by atoms with E-state index >= 15 is 0 Å². The average Bonchev–Trinajstić information content (AvgIpc) is 2.67. The Morgan fingerprint density at radius 2 is 2.07 bits per heavy atom. The maximum atomic E-state index is 5.21. The minimum atomic E-state index is 0.709.